The van der Waals surface area contributed by atoms with Gasteiger partial charge in [-0.15, -0.1) is 11.3 Å². The Morgan fingerprint density at radius 3 is 2.56 bits per heavy atom. The van der Waals surface area contributed by atoms with Gasteiger partial charge in [0.2, 0.25) is 11.8 Å². The van der Waals surface area contributed by atoms with E-state index in [9.17, 15) is 14.4 Å². The summed E-state index contributed by atoms with van der Waals surface area (Å²) in [6, 6.07) is 5.28. The molecule has 10 heteroatoms. The second-order valence-corrected chi connectivity index (χ2v) is 11.9. The zero-order valence-electron chi connectivity index (χ0n) is 23.3. The zero-order valence-corrected chi connectivity index (χ0v) is 24.1. The SMILES string of the molecule is CCC(=O)N[C@@H](Cc1nc2ccc(C(C)C)cc2s1)C(=O)N[C@H](CNC(=O)c1cn(C)cn1)C1CCCCC1. The number of carbonyl (C=O) groups excluding carboxylic acids is 3. The van der Waals surface area contributed by atoms with Crippen molar-refractivity contribution in [2.45, 2.75) is 83.7 Å². The van der Waals surface area contributed by atoms with Crippen LogP contribution in [0.2, 0.25) is 0 Å². The van der Waals surface area contributed by atoms with Gasteiger partial charge in [-0.2, -0.15) is 0 Å². The largest absolute Gasteiger partial charge is 0.350 e. The van der Waals surface area contributed by atoms with Crippen LogP contribution in [0.25, 0.3) is 10.2 Å². The third-order valence-electron chi connectivity index (χ3n) is 7.44. The first-order valence-corrected chi connectivity index (χ1v) is 14.8. The third kappa shape index (κ3) is 7.65. The highest BCUT2D eigenvalue weighted by Crippen LogP contribution is 2.28. The van der Waals surface area contributed by atoms with Gasteiger partial charge in [0.05, 0.1) is 21.6 Å². The van der Waals surface area contributed by atoms with E-state index in [1.165, 1.54) is 12.0 Å². The van der Waals surface area contributed by atoms with E-state index in [-0.39, 0.29) is 36.1 Å². The van der Waals surface area contributed by atoms with Gasteiger partial charge in [-0.1, -0.05) is 46.1 Å². The second kappa shape index (κ2) is 13.2. The lowest BCUT2D eigenvalue weighted by Gasteiger charge is -2.32. The molecule has 2 heterocycles. The van der Waals surface area contributed by atoms with E-state index in [4.69, 9.17) is 4.98 Å². The maximum Gasteiger partial charge on any atom is 0.271 e. The number of aromatic nitrogens is 3. The van der Waals surface area contributed by atoms with E-state index in [0.717, 1.165) is 40.9 Å². The van der Waals surface area contributed by atoms with E-state index in [1.54, 1.807) is 35.4 Å². The molecule has 9 nitrogen and oxygen atoms in total. The lowest BCUT2D eigenvalue weighted by Crippen LogP contribution is -2.55. The first kappa shape index (κ1) is 28.7. The molecule has 1 aromatic carbocycles. The molecule has 1 saturated carbocycles. The number of rotatable bonds is 11. The summed E-state index contributed by atoms with van der Waals surface area (Å²) in [5.41, 5.74) is 2.49. The number of carbonyl (C=O) groups is 3. The summed E-state index contributed by atoms with van der Waals surface area (Å²) in [7, 11) is 1.81. The highest BCUT2D eigenvalue weighted by Gasteiger charge is 2.30. The van der Waals surface area contributed by atoms with Crippen molar-refractivity contribution in [3.8, 4) is 0 Å². The fourth-order valence-corrected chi connectivity index (χ4v) is 6.16. The van der Waals surface area contributed by atoms with Gasteiger partial charge in [0, 0.05) is 38.7 Å². The van der Waals surface area contributed by atoms with Crippen LogP contribution in [-0.2, 0) is 23.1 Å². The van der Waals surface area contributed by atoms with Gasteiger partial charge in [-0.05, 0) is 42.4 Å². The number of thiazole rings is 1. The smallest absolute Gasteiger partial charge is 0.271 e. The van der Waals surface area contributed by atoms with Gasteiger partial charge < -0.3 is 20.5 Å². The van der Waals surface area contributed by atoms with E-state index in [2.05, 4.69) is 46.9 Å². The lowest BCUT2D eigenvalue weighted by molar-refractivity contribution is -0.129. The summed E-state index contributed by atoms with van der Waals surface area (Å²) in [5.74, 6) is -0.0299. The van der Waals surface area contributed by atoms with E-state index in [0.29, 0.717) is 24.6 Å². The van der Waals surface area contributed by atoms with Crippen molar-refractivity contribution >= 4 is 39.3 Å². The Morgan fingerprint density at radius 1 is 1.13 bits per heavy atom. The molecule has 0 spiro atoms. The van der Waals surface area contributed by atoms with E-state index in [1.807, 2.05) is 13.1 Å². The fraction of sp³-hybridized carbons (Fsp3) is 0.552. The van der Waals surface area contributed by atoms with Gasteiger partial charge in [-0.25, -0.2) is 9.97 Å². The molecule has 0 saturated heterocycles. The summed E-state index contributed by atoms with van der Waals surface area (Å²) >= 11 is 1.56. The van der Waals surface area contributed by atoms with Crippen molar-refractivity contribution in [2.75, 3.05) is 6.54 Å². The molecular weight excluding hydrogens is 512 g/mol. The van der Waals surface area contributed by atoms with Crippen molar-refractivity contribution in [1.29, 1.82) is 0 Å². The van der Waals surface area contributed by atoms with Crippen LogP contribution in [-0.4, -0.2) is 50.9 Å². The fourth-order valence-electron chi connectivity index (χ4n) is 5.09. The highest BCUT2D eigenvalue weighted by atomic mass is 32.1. The van der Waals surface area contributed by atoms with Gasteiger partial charge in [0.1, 0.15) is 11.7 Å². The zero-order chi connectivity index (χ0) is 27.9. The Balaban J connectivity index is 1.49. The molecule has 1 aliphatic carbocycles. The number of nitrogens with zero attached hydrogens (tertiary/aromatic N) is 3. The second-order valence-electron chi connectivity index (χ2n) is 10.8. The predicted octanol–water partition coefficient (Wildman–Crippen LogP) is 4.09. The lowest BCUT2D eigenvalue weighted by atomic mass is 9.83. The molecule has 1 aliphatic rings. The number of hydrogen-bond donors (Lipinski definition) is 3. The average Bonchev–Trinajstić information content (AvgIpc) is 3.55. The van der Waals surface area contributed by atoms with E-state index < -0.39 is 6.04 Å². The van der Waals surface area contributed by atoms with Crippen molar-refractivity contribution in [2.24, 2.45) is 13.0 Å². The number of hydrogen-bond acceptors (Lipinski definition) is 6. The summed E-state index contributed by atoms with van der Waals surface area (Å²) in [6.07, 6.45) is 9.22. The van der Waals surface area contributed by atoms with Crippen LogP contribution < -0.4 is 16.0 Å². The minimum Gasteiger partial charge on any atom is -0.350 e. The first-order valence-electron chi connectivity index (χ1n) is 14.0. The quantitative estimate of drug-likeness (QED) is 0.331. The molecule has 39 heavy (non-hydrogen) atoms. The summed E-state index contributed by atoms with van der Waals surface area (Å²) in [6.45, 7) is 6.39. The van der Waals surface area contributed by atoms with Crippen LogP contribution >= 0.6 is 11.3 Å². The Hall–Kier alpha value is -3.27. The molecule has 0 unspecified atom stereocenters. The van der Waals surface area contributed by atoms with Crippen LogP contribution in [0.15, 0.2) is 30.7 Å². The standard InChI is InChI=1S/C29H40N6O3S/c1-5-26(36)32-22(14-27-33-21-12-11-20(18(2)3)13-25(21)39-27)29(38)34-23(19-9-7-6-8-10-19)15-30-28(37)24-16-35(4)17-31-24/h11-13,16-19,22-23H,5-10,14-15H2,1-4H3,(H,30,37)(H,32,36)(H,34,38)/t22-,23+/m0/s1. The number of benzene rings is 1. The van der Waals surface area contributed by atoms with Gasteiger partial charge in [0.15, 0.2) is 0 Å². The Labute approximate surface area is 234 Å². The number of fused-ring (bicyclic) bond motifs is 1. The maximum absolute atomic E-state index is 13.7. The summed E-state index contributed by atoms with van der Waals surface area (Å²) in [5, 5.41) is 9.86. The molecule has 2 atom stereocenters. The molecule has 0 aliphatic heterocycles. The van der Waals surface area contributed by atoms with Crippen LogP contribution in [0.1, 0.15) is 86.3 Å². The van der Waals surface area contributed by atoms with Crippen molar-refractivity contribution in [1.82, 2.24) is 30.5 Å². The number of aryl methyl sites for hydroxylation is 1. The number of nitrogens with one attached hydrogen (secondary N) is 3. The Morgan fingerprint density at radius 2 is 1.90 bits per heavy atom. The molecule has 3 amide bonds. The van der Waals surface area contributed by atoms with Crippen molar-refractivity contribution in [3.63, 3.8) is 0 Å². The molecule has 2 aromatic heterocycles. The monoisotopic (exact) mass is 552 g/mol. The third-order valence-corrected chi connectivity index (χ3v) is 8.48. The van der Waals surface area contributed by atoms with Gasteiger partial charge in [0.25, 0.3) is 5.91 Å². The predicted molar refractivity (Wildman–Crippen MR) is 154 cm³/mol. The maximum atomic E-state index is 13.7. The van der Waals surface area contributed by atoms with E-state index >= 15 is 0 Å². The molecule has 3 N–H and O–H groups in total. The first-order chi connectivity index (χ1) is 18.7. The summed E-state index contributed by atoms with van der Waals surface area (Å²) in [4.78, 5) is 47.6. The van der Waals surface area contributed by atoms with Crippen LogP contribution in [0, 0.1) is 5.92 Å². The molecule has 3 aromatic rings. The average molecular weight is 553 g/mol. The molecule has 210 valence electrons. The molecular formula is C29H40N6O3S. The van der Waals surface area contributed by atoms with Gasteiger partial charge >= 0.3 is 0 Å². The van der Waals surface area contributed by atoms with Crippen LogP contribution in [0.5, 0.6) is 0 Å². The summed E-state index contributed by atoms with van der Waals surface area (Å²) < 4.78 is 2.80. The normalized spacial score (nSPS) is 15.7. The van der Waals surface area contributed by atoms with Crippen LogP contribution in [0.3, 0.4) is 0 Å². The van der Waals surface area contributed by atoms with Gasteiger partial charge in [-0.3, -0.25) is 14.4 Å². The number of imidazole rings is 1. The molecule has 1 fully saturated rings. The minimum absolute atomic E-state index is 0.184. The Kier molecular flexibility index (Phi) is 9.72. The molecule has 0 radical (unpaired) electrons. The minimum atomic E-state index is -0.750. The highest BCUT2D eigenvalue weighted by molar-refractivity contribution is 7.18. The Bertz CT molecular complexity index is 1290. The molecule has 0 bridgehead atoms. The van der Waals surface area contributed by atoms with Crippen LogP contribution in [0.4, 0.5) is 0 Å². The van der Waals surface area contributed by atoms with Crippen molar-refractivity contribution < 1.29 is 14.4 Å². The molecule has 4 rings (SSSR count). The van der Waals surface area contributed by atoms with Crippen molar-refractivity contribution in [3.05, 3.63) is 47.0 Å². The number of amides is 3. The topological polar surface area (TPSA) is 118 Å².